The Morgan fingerprint density at radius 2 is 1.96 bits per heavy atom. The molecule has 0 fully saturated rings. The van der Waals surface area contributed by atoms with E-state index in [9.17, 15) is 18.0 Å². The van der Waals surface area contributed by atoms with Crippen LogP contribution in [0.2, 0.25) is 5.02 Å². The Hall–Kier alpha value is -2.58. The van der Waals surface area contributed by atoms with Crippen LogP contribution in [0, 0.1) is 0 Å². The van der Waals surface area contributed by atoms with E-state index in [1.807, 2.05) is 6.07 Å². The van der Waals surface area contributed by atoms with Crippen LogP contribution < -0.4 is 10.2 Å². The molecule has 0 spiro atoms. The van der Waals surface area contributed by atoms with Gasteiger partial charge in [0.2, 0.25) is 0 Å². The maximum atomic E-state index is 13.1. The summed E-state index contributed by atoms with van der Waals surface area (Å²) in [5, 5.41) is 5.12. The van der Waals surface area contributed by atoms with Crippen molar-refractivity contribution < 1.29 is 18.0 Å². The minimum atomic E-state index is -4.52. The van der Waals surface area contributed by atoms with Gasteiger partial charge in [-0.15, -0.1) is 11.3 Å². The molecule has 0 aliphatic rings. The fourth-order valence-corrected chi connectivity index (χ4v) is 3.55. The lowest BCUT2D eigenvalue weighted by Gasteiger charge is -2.21. The summed E-state index contributed by atoms with van der Waals surface area (Å²) in [5.41, 5.74) is 0.553. The second kappa shape index (κ2) is 8.20. The van der Waals surface area contributed by atoms with Gasteiger partial charge in [-0.2, -0.15) is 13.2 Å². The Bertz CT molecular complexity index is 990. The van der Waals surface area contributed by atoms with Gasteiger partial charge in [-0.05, 0) is 37.3 Å². The predicted octanol–water partition coefficient (Wildman–Crippen LogP) is 6.35. The lowest BCUT2D eigenvalue weighted by Crippen LogP contribution is -2.36. The molecule has 1 heterocycles. The quantitative estimate of drug-likeness (QED) is 0.529. The summed E-state index contributed by atoms with van der Waals surface area (Å²) in [5.74, 6) is 0. The SMILES string of the molecule is CCNC(=O)N(c1cccc(C(F)(F)F)c1)c1nc(-c2cccc(Cl)c2)cs1. The van der Waals surface area contributed by atoms with Gasteiger partial charge in [-0.1, -0.05) is 29.8 Å². The zero-order chi connectivity index (χ0) is 20.3. The van der Waals surface area contributed by atoms with E-state index >= 15 is 0 Å². The molecule has 2 aromatic carbocycles. The van der Waals surface area contributed by atoms with Gasteiger partial charge >= 0.3 is 12.2 Å². The molecule has 1 N–H and O–H groups in total. The predicted molar refractivity (Wildman–Crippen MR) is 105 cm³/mol. The number of halogens is 4. The number of urea groups is 1. The summed E-state index contributed by atoms with van der Waals surface area (Å²) in [7, 11) is 0. The summed E-state index contributed by atoms with van der Waals surface area (Å²) in [6.45, 7) is 2.04. The second-order valence-corrected chi connectivity index (χ2v) is 7.02. The Morgan fingerprint density at radius 3 is 2.64 bits per heavy atom. The topological polar surface area (TPSA) is 45.2 Å². The molecule has 0 saturated heterocycles. The molecule has 0 unspecified atom stereocenters. The van der Waals surface area contributed by atoms with Gasteiger partial charge in [-0.25, -0.2) is 14.7 Å². The van der Waals surface area contributed by atoms with Crippen LogP contribution in [-0.2, 0) is 6.18 Å². The number of benzene rings is 2. The average Bonchev–Trinajstić information content (AvgIpc) is 3.11. The first-order valence-electron chi connectivity index (χ1n) is 8.26. The molecule has 2 amide bonds. The first-order chi connectivity index (χ1) is 13.3. The molecule has 0 atom stereocenters. The Balaban J connectivity index is 2.04. The molecule has 3 aromatic rings. The van der Waals surface area contributed by atoms with Gasteiger partial charge in [0.25, 0.3) is 0 Å². The highest BCUT2D eigenvalue weighted by atomic mass is 35.5. The number of amides is 2. The van der Waals surface area contributed by atoms with Crippen molar-refractivity contribution in [2.45, 2.75) is 13.1 Å². The second-order valence-electron chi connectivity index (χ2n) is 5.74. The number of carbonyl (C=O) groups is 1. The van der Waals surface area contributed by atoms with E-state index in [4.69, 9.17) is 11.6 Å². The monoisotopic (exact) mass is 425 g/mol. The Morgan fingerprint density at radius 1 is 1.21 bits per heavy atom. The number of hydrogen-bond acceptors (Lipinski definition) is 3. The van der Waals surface area contributed by atoms with Crippen molar-refractivity contribution in [1.29, 1.82) is 0 Å². The molecule has 3 rings (SSSR count). The van der Waals surface area contributed by atoms with Gasteiger partial charge in [0.05, 0.1) is 16.9 Å². The van der Waals surface area contributed by atoms with Gasteiger partial charge < -0.3 is 5.32 Å². The summed E-state index contributed by atoms with van der Waals surface area (Å²) >= 11 is 7.16. The smallest absolute Gasteiger partial charge is 0.338 e. The lowest BCUT2D eigenvalue weighted by atomic mass is 10.2. The maximum absolute atomic E-state index is 13.1. The standard InChI is InChI=1S/C19H15ClF3N3OS/c1-2-24-17(27)26(15-8-4-6-13(10-15)19(21,22)23)18-25-16(11-28-18)12-5-3-7-14(20)9-12/h3-11H,2H2,1H3,(H,24,27). The number of hydrogen-bond donors (Lipinski definition) is 1. The molecule has 4 nitrogen and oxygen atoms in total. The number of alkyl halides is 3. The van der Waals surface area contributed by atoms with E-state index in [0.717, 1.165) is 33.9 Å². The Labute approximate surface area is 168 Å². The van der Waals surface area contributed by atoms with Crippen molar-refractivity contribution in [3.8, 4) is 11.3 Å². The van der Waals surface area contributed by atoms with Crippen LogP contribution in [0.5, 0.6) is 0 Å². The third-order valence-corrected chi connectivity index (χ3v) is 4.83. The molecule has 0 aliphatic carbocycles. The van der Waals surface area contributed by atoms with Gasteiger partial charge in [-0.3, -0.25) is 0 Å². The minimum absolute atomic E-state index is 0.0766. The number of rotatable bonds is 4. The van der Waals surface area contributed by atoms with E-state index < -0.39 is 17.8 Å². The van der Waals surface area contributed by atoms with E-state index in [0.29, 0.717) is 17.3 Å². The van der Waals surface area contributed by atoms with Crippen molar-refractivity contribution in [1.82, 2.24) is 10.3 Å². The Kier molecular flexibility index (Phi) is 5.90. The van der Waals surface area contributed by atoms with Crippen LogP contribution in [0.4, 0.5) is 28.8 Å². The first-order valence-corrected chi connectivity index (χ1v) is 9.52. The van der Waals surface area contributed by atoms with Crippen molar-refractivity contribution >= 4 is 39.8 Å². The molecular weight excluding hydrogens is 411 g/mol. The van der Waals surface area contributed by atoms with Crippen LogP contribution in [0.1, 0.15) is 12.5 Å². The molecule has 9 heteroatoms. The van der Waals surface area contributed by atoms with Crippen molar-refractivity contribution in [2.75, 3.05) is 11.4 Å². The molecule has 0 aliphatic heterocycles. The van der Waals surface area contributed by atoms with E-state index in [1.54, 1.807) is 30.5 Å². The van der Waals surface area contributed by atoms with Gasteiger partial charge in [0.1, 0.15) is 0 Å². The zero-order valence-electron chi connectivity index (χ0n) is 14.6. The van der Waals surface area contributed by atoms with Gasteiger partial charge in [0, 0.05) is 22.5 Å². The van der Waals surface area contributed by atoms with E-state index in [1.165, 1.54) is 12.1 Å². The molecule has 28 heavy (non-hydrogen) atoms. The van der Waals surface area contributed by atoms with Crippen molar-refractivity contribution in [3.05, 3.63) is 64.5 Å². The number of anilines is 2. The van der Waals surface area contributed by atoms with Crippen LogP contribution >= 0.6 is 22.9 Å². The average molecular weight is 426 g/mol. The van der Waals surface area contributed by atoms with Crippen LogP contribution in [0.15, 0.2) is 53.9 Å². The molecular formula is C19H15ClF3N3OS. The molecule has 146 valence electrons. The number of aromatic nitrogens is 1. The van der Waals surface area contributed by atoms with Crippen LogP contribution in [-0.4, -0.2) is 17.6 Å². The number of carbonyl (C=O) groups excluding carboxylic acids is 1. The summed E-state index contributed by atoms with van der Waals surface area (Å²) < 4.78 is 39.3. The third kappa shape index (κ3) is 4.45. The fraction of sp³-hybridized carbons (Fsp3) is 0.158. The highest BCUT2D eigenvalue weighted by molar-refractivity contribution is 7.14. The molecule has 0 radical (unpaired) electrons. The third-order valence-electron chi connectivity index (χ3n) is 3.77. The minimum Gasteiger partial charge on any atom is -0.338 e. The molecule has 1 aromatic heterocycles. The normalized spacial score (nSPS) is 11.3. The summed E-state index contributed by atoms with van der Waals surface area (Å²) in [4.78, 5) is 18.2. The lowest BCUT2D eigenvalue weighted by molar-refractivity contribution is -0.137. The number of nitrogens with zero attached hydrogens (tertiary/aromatic N) is 2. The van der Waals surface area contributed by atoms with Crippen LogP contribution in [0.25, 0.3) is 11.3 Å². The summed E-state index contributed by atoms with van der Waals surface area (Å²) in [6, 6.07) is 11.0. The van der Waals surface area contributed by atoms with Gasteiger partial charge in [0.15, 0.2) is 5.13 Å². The fourth-order valence-electron chi connectivity index (χ4n) is 2.51. The first kappa shape index (κ1) is 20.2. The van der Waals surface area contributed by atoms with Crippen molar-refractivity contribution in [2.24, 2.45) is 0 Å². The van der Waals surface area contributed by atoms with E-state index in [2.05, 4.69) is 10.3 Å². The highest BCUT2D eigenvalue weighted by Gasteiger charge is 2.32. The van der Waals surface area contributed by atoms with E-state index in [-0.39, 0.29) is 10.8 Å². The number of thiazole rings is 1. The molecule has 0 bridgehead atoms. The van der Waals surface area contributed by atoms with Crippen LogP contribution in [0.3, 0.4) is 0 Å². The highest BCUT2D eigenvalue weighted by Crippen LogP contribution is 2.36. The number of nitrogens with one attached hydrogen (secondary N) is 1. The zero-order valence-corrected chi connectivity index (χ0v) is 16.2. The van der Waals surface area contributed by atoms with Crippen molar-refractivity contribution in [3.63, 3.8) is 0 Å². The summed E-state index contributed by atoms with van der Waals surface area (Å²) in [6.07, 6.45) is -4.52. The maximum Gasteiger partial charge on any atom is 0.416 e. The largest absolute Gasteiger partial charge is 0.416 e. The molecule has 0 saturated carbocycles.